The topological polar surface area (TPSA) is 63.6 Å². The van der Waals surface area contributed by atoms with E-state index in [1.165, 1.54) is 0 Å². The first kappa shape index (κ1) is 15.9. The van der Waals surface area contributed by atoms with Crippen LogP contribution in [0.15, 0.2) is 0 Å². The van der Waals surface area contributed by atoms with E-state index < -0.39 is 21.0 Å². The highest BCUT2D eigenvalue weighted by molar-refractivity contribution is 7.91. The van der Waals surface area contributed by atoms with Gasteiger partial charge in [-0.15, -0.1) is 0 Å². The van der Waals surface area contributed by atoms with E-state index in [4.69, 9.17) is 4.74 Å². The Morgan fingerprint density at radius 3 is 2.17 bits per heavy atom. The first-order chi connectivity index (χ1) is 7.93. The number of aliphatic hydroxyl groups is 1. The van der Waals surface area contributed by atoms with E-state index in [2.05, 4.69) is 0 Å². The predicted molar refractivity (Wildman–Crippen MR) is 72.4 cm³/mol. The second kappa shape index (κ2) is 4.76. The molecule has 1 heterocycles. The summed E-state index contributed by atoms with van der Waals surface area (Å²) in [5.74, 6) is 0.305. The van der Waals surface area contributed by atoms with E-state index in [-0.39, 0.29) is 17.1 Å². The average Bonchev–Trinajstić information content (AvgIpc) is 2.30. The number of hydrogen-bond acceptors (Lipinski definition) is 4. The molecule has 0 saturated carbocycles. The average molecular weight is 278 g/mol. The van der Waals surface area contributed by atoms with Crippen molar-refractivity contribution in [2.75, 3.05) is 11.5 Å². The van der Waals surface area contributed by atoms with E-state index >= 15 is 0 Å². The lowest BCUT2D eigenvalue weighted by atomic mass is 9.79. The van der Waals surface area contributed by atoms with Crippen LogP contribution in [0, 0.1) is 0 Å². The Morgan fingerprint density at radius 2 is 1.78 bits per heavy atom. The lowest BCUT2D eigenvalue weighted by Gasteiger charge is -2.35. The number of sulfone groups is 1. The molecule has 108 valence electrons. The molecule has 5 heteroatoms. The summed E-state index contributed by atoms with van der Waals surface area (Å²) in [6.45, 7) is 9.30. The van der Waals surface area contributed by atoms with Crippen molar-refractivity contribution in [3.05, 3.63) is 0 Å². The fourth-order valence-electron chi connectivity index (χ4n) is 2.86. The fraction of sp³-hybridized carbons (Fsp3) is 1.00. The van der Waals surface area contributed by atoms with E-state index in [0.29, 0.717) is 19.3 Å². The molecular formula is C13H26O4S. The first-order valence-corrected chi connectivity index (χ1v) is 8.38. The van der Waals surface area contributed by atoms with Crippen LogP contribution in [0.1, 0.15) is 53.9 Å². The highest BCUT2D eigenvalue weighted by Gasteiger charge is 2.55. The van der Waals surface area contributed by atoms with Crippen LogP contribution in [0.2, 0.25) is 0 Å². The minimum Gasteiger partial charge on any atom is -0.387 e. The molecule has 1 aliphatic rings. The maximum absolute atomic E-state index is 11.5. The Labute approximate surface area is 111 Å². The third-order valence-electron chi connectivity index (χ3n) is 3.86. The summed E-state index contributed by atoms with van der Waals surface area (Å²) < 4.78 is 28.8. The van der Waals surface area contributed by atoms with Crippen LogP contribution in [-0.2, 0) is 14.6 Å². The van der Waals surface area contributed by atoms with Gasteiger partial charge in [0.1, 0.15) is 9.84 Å². The van der Waals surface area contributed by atoms with Crippen LogP contribution in [0.5, 0.6) is 0 Å². The van der Waals surface area contributed by atoms with Gasteiger partial charge in [0, 0.05) is 12.2 Å². The molecule has 0 spiro atoms. The largest absolute Gasteiger partial charge is 0.387 e. The minimum absolute atomic E-state index is 0.141. The summed E-state index contributed by atoms with van der Waals surface area (Å²) in [5.41, 5.74) is -1.94. The van der Waals surface area contributed by atoms with Gasteiger partial charge in [-0.1, -0.05) is 6.92 Å². The zero-order chi connectivity index (χ0) is 14.2. The van der Waals surface area contributed by atoms with Gasteiger partial charge in [-0.25, -0.2) is 8.42 Å². The van der Waals surface area contributed by atoms with Crippen molar-refractivity contribution in [3.8, 4) is 0 Å². The Hall–Kier alpha value is -0.130. The maximum atomic E-state index is 11.5. The third kappa shape index (κ3) is 3.45. The molecule has 4 nitrogen and oxygen atoms in total. The molecule has 0 aromatic heterocycles. The molecule has 1 N–H and O–H groups in total. The van der Waals surface area contributed by atoms with Gasteiger partial charge in [-0.2, -0.15) is 0 Å². The van der Waals surface area contributed by atoms with Gasteiger partial charge in [-0.3, -0.25) is 0 Å². The van der Waals surface area contributed by atoms with Crippen LogP contribution >= 0.6 is 0 Å². The highest BCUT2D eigenvalue weighted by Crippen LogP contribution is 2.47. The number of rotatable bonds is 5. The summed E-state index contributed by atoms with van der Waals surface area (Å²) in [6.07, 6.45) is 1.48. The smallest absolute Gasteiger partial charge is 0.150 e. The number of hydrogen-bond donors (Lipinski definition) is 1. The van der Waals surface area contributed by atoms with Crippen molar-refractivity contribution in [2.24, 2.45) is 0 Å². The predicted octanol–water partition coefficient (Wildman–Crippen LogP) is 1.91. The van der Waals surface area contributed by atoms with Crippen molar-refractivity contribution >= 4 is 9.84 Å². The van der Waals surface area contributed by atoms with Crippen LogP contribution < -0.4 is 0 Å². The molecule has 0 amide bonds. The molecule has 0 aromatic rings. The zero-order valence-corrected chi connectivity index (χ0v) is 12.9. The summed E-state index contributed by atoms with van der Waals surface area (Å²) in [7, 11) is -2.96. The number of ether oxygens (including phenoxy) is 1. The van der Waals surface area contributed by atoms with Gasteiger partial charge in [0.05, 0.1) is 22.6 Å². The second-order valence-corrected chi connectivity index (χ2v) is 8.89. The second-order valence-electron chi connectivity index (χ2n) is 6.42. The Balaban J connectivity index is 2.66. The third-order valence-corrected chi connectivity index (χ3v) is 5.65. The molecular weight excluding hydrogens is 252 g/mol. The monoisotopic (exact) mass is 278 g/mol. The zero-order valence-electron chi connectivity index (χ0n) is 12.1. The van der Waals surface area contributed by atoms with Crippen molar-refractivity contribution in [3.63, 3.8) is 0 Å². The lowest BCUT2D eigenvalue weighted by molar-refractivity contribution is -0.128. The molecule has 0 radical (unpaired) electrons. The Morgan fingerprint density at radius 1 is 1.22 bits per heavy atom. The van der Waals surface area contributed by atoms with E-state index in [0.717, 1.165) is 0 Å². The summed E-state index contributed by atoms with van der Waals surface area (Å²) >= 11 is 0. The highest BCUT2D eigenvalue weighted by atomic mass is 32.2. The van der Waals surface area contributed by atoms with Crippen molar-refractivity contribution in [1.29, 1.82) is 0 Å². The van der Waals surface area contributed by atoms with Gasteiger partial charge < -0.3 is 9.84 Å². The van der Waals surface area contributed by atoms with Gasteiger partial charge >= 0.3 is 0 Å². The molecule has 0 aliphatic carbocycles. The quantitative estimate of drug-likeness (QED) is 0.834. The molecule has 0 bridgehead atoms. The van der Waals surface area contributed by atoms with Crippen LogP contribution in [0.25, 0.3) is 0 Å². The SMILES string of the molecule is CCS(=O)(=O)CCCC1(O)CC(C)(C)OC1(C)C. The minimum atomic E-state index is -2.96. The lowest BCUT2D eigenvalue weighted by Crippen LogP contribution is -2.46. The molecule has 1 atom stereocenters. The van der Waals surface area contributed by atoms with Crippen LogP contribution in [0.3, 0.4) is 0 Å². The summed E-state index contributed by atoms with van der Waals surface area (Å²) in [6, 6.07) is 0. The van der Waals surface area contributed by atoms with E-state index in [1.54, 1.807) is 6.92 Å². The van der Waals surface area contributed by atoms with Crippen LogP contribution in [-0.4, -0.2) is 41.8 Å². The molecule has 18 heavy (non-hydrogen) atoms. The van der Waals surface area contributed by atoms with Crippen molar-refractivity contribution in [2.45, 2.75) is 70.7 Å². The Bertz CT molecular complexity index is 397. The maximum Gasteiger partial charge on any atom is 0.150 e. The molecule has 1 saturated heterocycles. The standard InChI is InChI=1S/C13H26O4S/c1-6-18(15,16)9-7-8-13(14)10-11(2,3)17-12(13,4)5/h14H,6-10H2,1-5H3. The van der Waals surface area contributed by atoms with Crippen molar-refractivity contribution < 1.29 is 18.3 Å². The Kier molecular flexibility index (Phi) is 4.21. The van der Waals surface area contributed by atoms with E-state index in [1.807, 2.05) is 27.7 Å². The van der Waals surface area contributed by atoms with Gasteiger partial charge in [0.2, 0.25) is 0 Å². The van der Waals surface area contributed by atoms with Gasteiger partial charge in [0.25, 0.3) is 0 Å². The molecule has 1 unspecified atom stereocenters. The summed E-state index contributed by atoms with van der Waals surface area (Å²) in [5, 5.41) is 10.7. The van der Waals surface area contributed by atoms with Gasteiger partial charge in [-0.05, 0) is 40.5 Å². The van der Waals surface area contributed by atoms with E-state index in [9.17, 15) is 13.5 Å². The fourth-order valence-corrected chi connectivity index (χ4v) is 3.73. The molecule has 1 fully saturated rings. The molecule has 0 aromatic carbocycles. The van der Waals surface area contributed by atoms with Gasteiger partial charge in [0.15, 0.2) is 0 Å². The van der Waals surface area contributed by atoms with Crippen LogP contribution in [0.4, 0.5) is 0 Å². The molecule has 1 rings (SSSR count). The molecule has 1 aliphatic heterocycles. The normalized spacial score (nSPS) is 30.6. The summed E-state index contributed by atoms with van der Waals surface area (Å²) in [4.78, 5) is 0. The van der Waals surface area contributed by atoms with Crippen molar-refractivity contribution in [1.82, 2.24) is 0 Å². The first-order valence-electron chi connectivity index (χ1n) is 6.56.